The zero-order valence-electron chi connectivity index (χ0n) is 12.8. The van der Waals surface area contributed by atoms with Gasteiger partial charge in [0.15, 0.2) is 0 Å². The van der Waals surface area contributed by atoms with Crippen LogP contribution in [0, 0.1) is 0 Å². The molecule has 1 unspecified atom stereocenters. The molecule has 3 heteroatoms. The fourth-order valence-electron chi connectivity index (χ4n) is 3.10. The zero-order valence-corrected chi connectivity index (χ0v) is 12.8. The van der Waals surface area contributed by atoms with Crippen LogP contribution >= 0.6 is 0 Å². The van der Waals surface area contributed by atoms with E-state index in [2.05, 4.69) is 43.5 Å². The van der Waals surface area contributed by atoms with Crippen LogP contribution in [-0.4, -0.2) is 18.0 Å². The molecular formula is C17H26N2O. The molecule has 1 aromatic rings. The molecule has 1 aromatic carbocycles. The van der Waals surface area contributed by atoms with Gasteiger partial charge in [-0.15, -0.1) is 0 Å². The Labute approximate surface area is 122 Å². The molecule has 0 saturated carbocycles. The van der Waals surface area contributed by atoms with Crippen LogP contribution in [0.4, 0.5) is 5.69 Å². The third kappa shape index (κ3) is 2.82. The fourth-order valence-corrected chi connectivity index (χ4v) is 3.10. The minimum Gasteiger partial charge on any atom is -0.385 e. The molecule has 110 valence electrons. The predicted octanol–water partition coefficient (Wildman–Crippen LogP) is 3.67. The predicted molar refractivity (Wildman–Crippen MR) is 84.0 cm³/mol. The van der Waals surface area contributed by atoms with Gasteiger partial charge in [0.25, 0.3) is 0 Å². The second-order valence-electron chi connectivity index (χ2n) is 5.69. The standard InChI is InChI=1S/C17H26N2O/c1-4-17(5-2,6-3)19-16(20)14-11-12-18-15-10-8-7-9-13(14)15/h7-10,14,18H,4-6,11-12H2,1-3H3,(H,19,20). The Morgan fingerprint density at radius 2 is 1.90 bits per heavy atom. The van der Waals surface area contributed by atoms with Crippen molar-refractivity contribution < 1.29 is 4.79 Å². The van der Waals surface area contributed by atoms with E-state index in [1.54, 1.807) is 0 Å². The van der Waals surface area contributed by atoms with E-state index in [0.717, 1.165) is 43.5 Å². The lowest BCUT2D eigenvalue weighted by atomic mass is 9.86. The Morgan fingerprint density at radius 1 is 1.25 bits per heavy atom. The smallest absolute Gasteiger partial charge is 0.228 e. The molecule has 1 aliphatic rings. The molecule has 0 aromatic heterocycles. The fraction of sp³-hybridized carbons (Fsp3) is 0.588. The van der Waals surface area contributed by atoms with Crippen molar-refractivity contribution in [3.63, 3.8) is 0 Å². The monoisotopic (exact) mass is 274 g/mol. The van der Waals surface area contributed by atoms with Crippen LogP contribution in [0.3, 0.4) is 0 Å². The van der Waals surface area contributed by atoms with Gasteiger partial charge in [-0.3, -0.25) is 4.79 Å². The Hall–Kier alpha value is -1.51. The summed E-state index contributed by atoms with van der Waals surface area (Å²) in [5.41, 5.74) is 2.19. The van der Waals surface area contributed by atoms with Crippen LogP contribution in [0.15, 0.2) is 24.3 Å². The lowest BCUT2D eigenvalue weighted by molar-refractivity contribution is -0.124. The quantitative estimate of drug-likeness (QED) is 0.860. The molecule has 1 aliphatic heterocycles. The van der Waals surface area contributed by atoms with Gasteiger partial charge in [-0.05, 0) is 37.3 Å². The Kier molecular flexibility index (Phi) is 4.69. The second-order valence-corrected chi connectivity index (χ2v) is 5.69. The number of para-hydroxylation sites is 1. The number of hydrogen-bond acceptors (Lipinski definition) is 2. The summed E-state index contributed by atoms with van der Waals surface area (Å²) in [5.74, 6) is 0.168. The maximum atomic E-state index is 12.7. The Balaban J connectivity index is 2.19. The largest absolute Gasteiger partial charge is 0.385 e. The van der Waals surface area contributed by atoms with E-state index in [0.29, 0.717) is 0 Å². The van der Waals surface area contributed by atoms with Crippen LogP contribution < -0.4 is 10.6 Å². The molecule has 2 N–H and O–H groups in total. The summed E-state index contributed by atoms with van der Waals surface area (Å²) < 4.78 is 0. The summed E-state index contributed by atoms with van der Waals surface area (Å²) in [4.78, 5) is 12.7. The van der Waals surface area contributed by atoms with Crippen molar-refractivity contribution in [3.8, 4) is 0 Å². The second kappa shape index (κ2) is 6.29. The Morgan fingerprint density at radius 3 is 2.55 bits per heavy atom. The lowest BCUT2D eigenvalue weighted by Crippen LogP contribution is -2.49. The number of rotatable bonds is 5. The van der Waals surface area contributed by atoms with Crippen LogP contribution in [-0.2, 0) is 4.79 Å². The van der Waals surface area contributed by atoms with Gasteiger partial charge >= 0.3 is 0 Å². The number of hydrogen-bond donors (Lipinski definition) is 2. The molecule has 1 heterocycles. The average Bonchev–Trinajstić information content (AvgIpc) is 2.52. The Bertz CT molecular complexity index is 458. The number of fused-ring (bicyclic) bond motifs is 1. The van der Waals surface area contributed by atoms with Crippen molar-refractivity contribution in [3.05, 3.63) is 29.8 Å². The molecule has 20 heavy (non-hydrogen) atoms. The highest BCUT2D eigenvalue weighted by Gasteiger charge is 2.32. The highest BCUT2D eigenvalue weighted by atomic mass is 16.2. The van der Waals surface area contributed by atoms with Crippen molar-refractivity contribution in [2.45, 2.75) is 57.9 Å². The number of nitrogens with one attached hydrogen (secondary N) is 2. The van der Waals surface area contributed by atoms with Gasteiger partial charge in [0.1, 0.15) is 0 Å². The van der Waals surface area contributed by atoms with Crippen LogP contribution in [0.1, 0.15) is 57.9 Å². The van der Waals surface area contributed by atoms with E-state index in [9.17, 15) is 4.79 Å². The molecule has 0 spiro atoms. The van der Waals surface area contributed by atoms with Crippen LogP contribution in [0.2, 0.25) is 0 Å². The first-order valence-corrected chi connectivity index (χ1v) is 7.80. The van der Waals surface area contributed by atoms with E-state index in [1.807, 2.05) is 12.1 Å². The van der Waals surface area contributed by atoms with Crippen molar-refractivity contribution in [2.24, 2.45) is 0 Å². The minimum absolute atomic E-state index is 0.0172. The van der Waals surface area contributed by atoms with Gasteiger partial charge in [0.05, 0.1) is 5.92 Å². The molecular weight excluding hydrogens is 248 g/mol. The van der Waals surface area contributed by atoms with Gasteiger partial charge < -0.3 is 10.6 Å². The van der Waals surface area contributed by atoms with Crippen molar-refractivity contribution in [1.82, 2.24) is 5.32 Å². The topological polar surface area (TPSA) is 41.1 Å². The average molecular weight is 274 g/mol. The number of carbonyl (C=O) groups excluding carboxylic acids is 1. The molecule has 0 radical (unpaired) electrons. The number of carbonyl (C=O) groups is 1. The van der Waals surface area contributed by atoms with Crippen LogP contribution in [0.5, 0.6) is 0 Å². The third-order valence-corrected chi connectivity index (χ3v) is 4.82. The highest BCUT2D eigenvalue weighted by molar-refractivity contribution is 5.86. The zero-order chi connectivity index (χ0) is 14.6. The summed E-state index contributed by atoms with van der Waals surface area (Å²) in [5, 5.41) is 6.70. The van der Waals surface area contributed by atoms with Crippen molar-refractivity contribution in [1.29, 1.82) is 0 Å². The normalized spacial score (nSPS) is 18.1. The van der Waals surface area contributed by atoms with E-state index >= 15 is 0 Å². The molecule has 0 saturated heterocycles. The van der Waals surface area contributed by atoms with Gasteiger partial charge in [0, 0.05) is 17.8 Å². The van der Waals surface area contributed by atoms with E-state index in [4.69, 9.17) is 0 Å². The first kappa shape index (κ1) is 14.9. The summed E-state index contributed by atoms with van der Waals surface area (Å²) in [7, 11) is 0. The van der Waals surface area contributed by atoms with Gasteiger partial charge in [-0.25, -0.2) is 0 Å². The SMILES string of the molecule is CCC(CC)(CC)NC(=O)C1CCNc2ccccc21. The summed E-state index contributed by atoms with van der Waals surface area (Å²) in [6.45, 7) is 7.34. The maximum absolute atomic E-state index is 12.7. The number of amides is 1. The molecule has 3 nitrogen and oxygen atoms in total. The van der Waals surface area contributed by atoms with Crippen molar-refractivity contribution in [2.75, 3.05) is 11.9 Å². The molecule has 0 fully saturated rings. The van der Waals surface area contributed by atoms with E-state index in [1.165, 1.54) is 0 Å². The first-order chi connectivity index (χ1) is 9.65. The van der Waals surface area contributed by atoms with Gasteiger partial charge in [0.2, 0.25) is 5.91 Å². The summed E-state index contributed by atoms with van der Waals surface area (Å²) in [6.07, 6.45) is 3.82. The lowest BCUT2D eigenvalue weighted by Gasteiger charge is -2.35. The summed E-state index contributed by atoms with van der Waals surface area (Å²) >= 11 is 0. The van der Waals surface area contributed by atoms with E-state index < -0.39 is 0 Å². The van der Waals surface area contributed by atoms with Crippen molar-refractivity contribution >= 4 is 11.6 Å². The third-order valence-electron chi connectivity index (χ3n) is 4.82. The number of benzene rings is 1. The maximum Gasteiger partial charge on any atom is 0.228 e. The van der Waals surface area contributed by atoms with Gasteiger partial charge in [-0.2, -0.15) is 0 Å². The van der Waals surface area contributed by atoms with Crippen LogP contribution in [0.25, 0.3) is 0 Å². The van der Waals surface area contributed by atoms with Gasteiger partial charge in [-0.1, -0.05) is 39.0 Å². The molecule has 0 bridgehead atoms. The number of anilines is 1. The van der Waals surface area contributed by atoms with E-state index in [-0.39, 0.29) is 17.4 Å². The molecule has 0 aliphatic carbocycles. The first-order valence-electron chi connectivity index (χ1n) is 7.80. The molecule has 2 rings (SSSR count). The molecule has 1 amide bonds. The minimum atomic E-state index is -0.0447. The highest BCUT2D eigenvalue weighted by Crippen LogP contribution is 2.32. The summed E-state index contributed by atoms with van der Waals surface area (Å²) in [6, 6.07) is 8.15. The molecule has 1 atom stereocenters.